The summed E-state index contributed by atoms with van der Waals surface area (Å²) in [5.74, 6) is -1.60. The second-order valence-electron chi connectivity index (χ2n) is 5.33. The largest absolute Gasteiger partial charge is 0.478 e. The fourth-order valence-electron chi connectivity index (χ4n) is 2.47. The van der Waals surface area contributed by atoms with Crippen molar-refractivity contribution in [2.75, 3.05) is 5.32 Å². The number of benzene rings is 2. The molecule has 0 saturated carbocycles. The summed E-state index contributed by atoms with van der Waals surface area (Å²) in [7, 11) is 0. The average Bonchev–Trinajstić information content (AvgIpc) is 2.61. The SMILES string of the molecule is O=C(/C=N/O)Nc1ccc(-c2cc(C(=O)O)c3cc(Br)ccc3n2)cc1. The van der Waals surface area contributed by atoms with Crippen molar-refractivity contribution in [3.63, 3.8) is 0 Å². The molecular weight excluding hydrogens is 402 g/mol. The number of carboxylic acids is 1. The Kier molecular flexibility index (Phi) is 4.94. The summed E-state index contributed by atoms with van der Waals surface area (Å²) in [6.07, 6.45) is 0.746. The molecule has 0 bridgehead atoms. The lowest BCUT2D eigenvalue weighted by Gasteiger charge is -2.08. The number of aromatic nitrogens is 1. The lowest BCUT2D eigenvalue weighted by molar-refractivity contribution is -0.110. The molecule has 0 aliphatic heterocycles. The van der Waals surface area contributed by atoms with Crippen LogP contribution in [0.3, 0.4) is 0 Å². The molecule has 0 saturated heterocycles. The van der Waals surface area contributed by atoms with E-state index in [4.69, 9.17) is 5.21 Å². The Morgan fingerprint density at radius 1 is 1.12 bits per heavy atom. The van der Waals surface area contributed by atoms with Crippen LogP contribution in [0.15, 0.2) is 58.2 Å². The molecule has 0 unspecified atom stereocenters. The number of pyridine rings is 1. The van der Waals surface area contributed by atoms with E-state index in [2.05, 4.69) is 31.4 Å². The highest BCUT2D eigenvalue weighted by Gasteiger charge is 2.13. The molecular formula is C18H12BrN3O4. The zero-order valence-corrected chi connectivity index (χ0v) is 14.8. The summed E-state index contributed by atoms with van der Waals surface area (Å²) in [6.45, 7) is 0. The molecule has 0 atom stereocenters. The monoisotopic (exact) mass is 413 g/mol. The van der Waals surface area contributed by atoms with Gasteiger partial charge in [0.2, 0.25) is 0 Å². The minimum atomic E-state index is -1.04. The van der Waals surface area contributed by atoms with Gasteiger partial charge in [0.05, 0.1) is 16.8 Å². The third-order valence-electron chi connectivity index (χ3n) is 3.62. The third kappa shape index (κ3) is 3.70. The number of anilines is 1. The number of carbonyl (C=O) groups is 2. The first-order chi connectivity index (χ1) is 12.5. The Balaban J connectivity index is 2.01. The number of amides is 1. The number of hydrogen-bond acceptors (Lipinski definition) is 5. The van der Waals surface area contributed by atoms with Gasteiger partial charge in [-0.2, -0.15) is 0 Å². The van der Waals surface area contributed by atoms with Gasteiger partial charge in [-0.05, 0) is 36.4 Å². The predicted octanol–water partition coefficient (Wildman–Crippen LogP) is 3.76. The van der Waals surface area contributed by atoms with Crippen molar-refractivity contribution in [1.29, 1.82) is 0 Å². The van der Waals surface area contributed by atoms with Gasteiger partial charge in [-0.3, -0.25) is 4.79 Å². The van der Waals surface area contributed by atoms with E-state index in [1.165, 1.54) is 6.07 Å². The van der Waals surface area contributed by atoms with Crippen LogP contribution in [0.25, 0.3) is 22.2 Å². The van der Waals surface area contributed by atoms with E-state index in [0.29, 0.717) is 27.8 Å². The first-order valence-corrected chi connectivity index (χ1v) is 8.19. The number of fused-ring (bicyclic) bond motifs is 1. The third-order valence-corrected chi connectivity index (χ3v) is 4.12. The molecule has 3 aromatic rings. The second-order valence-corrected chi connectivity index (χ2v) is 6.25. The Morgan fingerprint density at radius 2 is 1.85 bits per heavy atom. The first-order valence-electron chi connectivity index (χ1n) is 7.40. The average molecular weight is 414 g/mol. The fraction of sp³-hybridized carbons (Fsp3) is 0. The van der Waals surface area contributed by atoms with Crippen LogP contribution in [-0.4, -0.2) is 33.4 Å². The number of carboxylic acid groups (broad SMARTS) is 1. The van der Waals surface area contributed by atoms with Crippen LogP contribution in [0.4, 0.5) is 5.69 Å². The lowest BCUT2D eigenvalue weighted by Crippen LogP contribution is -2.12. The molecule has 8 heteroatoms. The van der Waals surface area contributed by atoms with Gasteiger partial charge in [-0.1, -0.05) is 33.2 Å². The number of rotatable bonds is 4. The highest BCUT2D eigenvalue weighted by Crippen LogP contribution is 2.28. The van der Waals surface area contributed by atoms with Crippen LogP contribution in [0.2, 0.25) is 0 Å². The summed E-state index contributed by atoms with van der Waals surface area (Å²) in [5, 5.41) is 23.6. The quantitative estimate of drug-likeness (QED) is 0.342. The number of oxime groups is 1. The number of aromatic carboxylic acids is 1. The van der Waals surface area contributed by atoms with Gasteiger partial charge in [0.15, 0.2) is 0 Å². The van der Waals surface area contributed by atoms with Crippen molar-refractivity contribution >= 4 is 50.6 Å². The lowest BCUT2D eigenvalue weighted by atomic mass is 10.0. The minimum Gasteiger partial charge on any atom is -0.478 e. The highest BCUT2D eigenvalue weighted by atomic mass is 79.9. The van der Waals surface area contributed by atoms with Crippen LogP contribution >= 0.6 is 15.9 Å². The molecule has 0 spiro atoms. The molecule has 26 heavy (non-hydrogen) atoms. The molecule has 3 rings (SSSR count). The highest BCUT2D eigenvalue weighted by molar-refractivity contribution is 9.10. The number of halogens is 1. The topological polar surface area (TPSA) is 112 Å². The zero-order valence-electron chi connectivity index (χ0n) is 13.2. The molecule has 130 valence electrons. The van der Waals surface area contributed by atoms with Crippen molar-refractivity contribution in [2.24, 2.45) is 5.16 Å². The van der Waals surface area contributed by atoms with Gasteiger partial charge >= 0.3 is 5.97 Å². The number of nitrogens with one attached hydrogen (secondary N) is 1. The molecule has 1 aromatic heterocycles. The zero-order chi connectivity index (χ0) is 18.7. The Bertz CT molecular complexity index is 1030. The van der Waals surface area contributed by atoms with Crippen molar-refractivity contribution in [2.45, 2.75) is 0 Å². The molecule has 0 radical (unpaired) electrons. The summed E-state index contributed by atoms with van der Waals surface area (Å²) in [5.41, 5.74) is 2.43. The van der Waals surface area contributed by atoms with Gasteiger partial charge in [0, 0.05) is 21.1 Å². The van der Waals surface area contributed by atoms with Crippen molar-refractivity contribution in [3.8, 4) is 11.3 Å². The van der Waals surface area contributed by atoms with E-state index in [1.807, 2.05) is 0 Å². The molecule has 1 heterocycles. The molecule has 2 aromatic carbocycles. The molecule has 3 N–H and O–H groups in total. The van der Waals surface area contributed by atoms with E-state index in [1.54, 1.807) is 42.5 Å². The number of carbonyl (C=O) groups excluding carboxylic acids is 1. The summed E-state index contributed by atoms with van der Waals surface area (Å²) < 4.78 is 0.772. The maximum absolute atomic E-state index is 11.6. The van der Waals surface area contributed by atoms with Crippen LogP contribution in [-0.2, 0) is 4.79 Å². The first kappa shape index (κ1) is 17.6. The van der Waals surface area contributed by atoms with Crippen LogP contribution in [0.1, 0.15) is 10.4 Å². The standard InChI is InChI=1S/C18H12BrN3O4/c19-11-3-6-15-13(7-11)14(18(24)25)8-16(22-15)10-1-4-12(5-2-10)21-17(23)9-20-26/h1-9,26H,(H,21,23)(H,24,25)/b20-9+. The second kappa shape index (κ2) is 7.32. The Morgan fingerprint density at radius 3 is 2.50 bits per heavy atom. The minimum absolute atomic E-state index is 0.155. The summed E-state index contributed by atoms with van der Waals surface area (Å²) >= 11 is 3.34. The smallest absolute Gasteiger partial charge is 0.336 e. The molecule has 0 aliphatic carbocycles. The van der Waals surface area contributed by atoms with Gasteiger partial charge in [-0.15, -0.1) is 0 Å². The van der Waals surface area contributed by atoms with Crippen molar-refractivity contribution in [1.82, 2.24) is 4.98 Å². The van der Waals surface area contributed by atoms with Crippen LogP contribution in [0.5, 0.6) is 0 Å². The maximum Gasteiger partial charge on any atom is 0.336 e. The molecule has 7 nitrogen and oxygen atoms in total. The molecule has 0 aliphatic rings. The van der Waals surface area contributed by atoms with Crippen LogP contribution in [0, 0.1) is 0 Å². The van der Waals surface area contributed by atoms with E-state index in [0.717, 1.165) is 10.7 Å². The molecule has 1 amide bonds. The van der Waals surface area contributed by atoms with Crippen molar-refractivity contribution < 1.29 is 19.9 Å². The van der Waals surface area contributed by atoms with Gasteiger partial charge in [-0.25, -0.2) is 9.78 Å². The van der Waals surface area contributed by atoms with Gasteiger partial charge < -0.3 is 15.6 Å². The van der Waals surface area contributed by atoms with E-state index < -0.39 is 11.9 Å². The summed E-state index contributed by atoms with van der Waals surface area (Å²) in [4.78, 5) is 27.5. The van der Waals surface area contributed by atoms with Crippen molar-refractivity contribution in [3.05, 3.63) is 58.6 Å². The Hall–Kier alpha value is -3.26. The summed E-state index contributed by atoms with van der Waals surface area (Å²) in [6, 6.07) is 13.5. The van der Waals surface area contributed by atoms with Gasteiger partial charge in [0.25, 0.3) is 5.91 Å². The molecule has 0 fully saturated rings. The predicted molar refractivity (Wildman–Crippen MR) is 101 cm³/mol. The van der Waals surface area contributed by atoms with E-state index in [-0.39, 0.29) is 5.56 Å². The Labute approximate surface area is 156 Å². The maximum atomic E-state index is 11.6. The number of hydrogen-bond donors (Lipinski definition) is 3. The van der Waals surface area contributed by atoms with E-state index >= 15 is 0 Å². The van der Waals surface area contributed by atoms with E-state index in [9.17, 15) is 14.7 Å². The van der Waals surface area contributed by atoms with Crippen LogP contribution < -0.4 is 5.32 Å². The fourth-order valence-corrected chi connectivity index (χ4v) is 2.84. The normalized spacial score (nSPS) is 11.0. The number of nitrogens with zero attached hydrogens (tertiary/aromatic N) is 2. The van der Waals surface area contributed by atoms with Gasteiger partial charge in [0.1, 0.15) is 6.21 Å².